The Labute approximate surface area is 251 Å². The Morgan fingerprint density at radius 1 is 1.23 bits per heavy atom. The number of aromatic hydroxyl groups is 1. The number of phenolic OH excluding ortho intramolecular Hbond substituents is 1. The summed E-state index contributed by atoms with van der Waals surface area (Å²) in [6.45, 7) is 2.69. The molecular weight excluding hydrogens is 579 g/mol. The predicted octanol–water partition coefficient (Wildman–Crippen LogP) is 0.455. The molecule has 5 aliphatic rings. The summed E-state index contributed by atoms with van der Waals surface area (Å²) in [5, 5.41) is 48.8. The van der Waals surface area contributed by atoms with E-state index in [4.69, 9.17) is 10.5 Å². The fourth-order valence-electron chi connectivity index (χ4n) is 8.15. The molecule has 6 rings (SSSR count). The molecule has 7 N–H and O–H groups in total. The van der Waals surface area contributed by atoms with Gasteiger partial charge >= 0.3 is 5.97 Å². The van der Waals surface area contributed by atoms with Crippen molar-refractivity contribution in [3.8, 4) is 5.75 Å². The number of benzene rings is 1. The third-order valence-electron chi connectivity index (χ3n) is 9.96. The van der Waals surface area contributed by atoms with Gasteiger partial charge in [-0.15, -0.1) is 0 Å². The fraction of sp³-hybridized carbons (Fsp3) is 0.533. The maximum Gasteiger partial charge on any atom is 0.320 e. The van der Waals surface area contributed by atoms with E-state index in [1.807, 2.05) is 4.90 Å². The van der Waals surface area contributed by atoms with Gasteiger partial charge in [-0.3, -0.25) is 29.0 Å². The molecule has 1 saturated heterocycles. The van der Waals surface area contributed by atoms with Crippen LogP contribution in [0, 0.1) is 23.6 Å². The summed E-state index contributed by atoms with van der Waals surface area (Å²) in [6.07, 6.45) is 0.351. The number of carbonyl (C=O) groups excluding carboxylic acids is 4. The van der Waals surface area contributed by atoms with Crippen LogP contribution in [0.25, 0.3) is 5.76 Å². The zero-order valence-electron chi connectivity index (χ0n) is 24.5. The number of ether oxygens (including phenoxy) is 1. The molecule has 0 spiro atoms. The molecule has 0 aromatic heterocycles. The summed E-state index contributed by atoms with van der Waals surface area (Å²) >= 11 is 0. The molecule has 2 aliphatic heterocycles. The van der Waals surface area contributed by atoms with E-state index in [1.165, 1.54) is 19.0 Å². The lowest BCUT2D eigenvalue weighted by Crippen LogP contribution is -2.65. The molecule has 2 unspecified atom stereocenters. The number of hydrogen-bond donors (Lipinski definition) is 6. The Bertz CT molecular complexity index is 1590. The number of esters is 1. The van der Waals surface area contributed by atoms with Crippen molar-refractivity contribution in [2.75, 3.05) is 45.7 Å². The van der Waals surface area contributed by atoms with Crippen LogP contribution in [0.1, 0.15) is 42.5 Å². The second-order valence-corrected chi connectivity index (χ2v) is 12.4. The van der Waals surface area contributed by atoms with Crippen LogP contribution in [-0.4, -0.2) is 106 Å². The van der Waals surface area contributed by atoms with E-state index >= 15 is 4.39 Å². The average molecular weight is 615 g/mol. The van der Waals surface area contributed by atoms with Crippen LogP contribution < -0.4 is 11.1 Å². The van der Waals surface area contributed by atoms with E-state index in [0.717, 1.165) is 0 Å². The van der Waals surface area contributed by atoms with Gasteiger partial charge in [0, 0.05) is 35.2 Å². The van der Waals surface area contributed by atoms with Crippen LogP contribution >= 0.6 is 0 Å². The van der Waals surface area contributed by atoms with Gasteiger partial charge < -0.3 is 36.2 Å². The van der Waals surface area contributed by atoms with Crippen molar-refractivity contribution in [2.24, 2.45) is 23.5 Å². The van der Waals surface area contributed by atoms with Crippen LogP contribution in [-0.2, 0) is 30.3 Å². The van der Waals surface area contributed by atoms with E-state index < -0.39 is 81.6 Å². The van der Waals surface area contributed by atoms with Gasteiger partial charge in [0.15, 0.2) is 11.4 Å². The number of carbonyl (C=O) groups is 4. The molecule has 236 valence electrons. The number of hydrogen-bond acceptors (Lipinski definition) is 12. The number of nitrogens with two attached hydrogens (primary N) is 1. The minimum absolute atomic E-state index is 0.0263. The molecule has 2 fully saturated rings. The van der Waals surface area contributed by atoms with Crippen LogP contribution in [0.2, 0.25) is 0 Å². The monoisotopic (exact) mass is 614 g/mol. The number of anilines is 1. The standard InChI is InChI=1S/C30H35FN4O9/c1-4-44-15(36)10-35-6-5-11-9-33-21-18(22(11)35)20(31)13-7-12-8-14-23(34(2)3)26(39)19(29(32)42)28(41)30(14,43)27(40)16(12)24(37)17(13)25(21)38/h11-12,14,22-23,33,37-38,41,43H,4-10H2,1-3H3,(H2,32,42)/t11?,12-,14-,22?,23-,30-/m0/s1. The zero-order chi connectivity index (χ0) is 32.0. The molecule has 2 heterocycles. The highest BCUT2D eigenvalue weighted by molar-refractivity contribution is 6.24. The molecule has 13 nitrogen and oxygen atoms in total. The number of nitrogens with one attached hydrogen (secondary N) is 1. The number of primary amides is 1. The first-order valence-electron chi connectivity index (χ1n) is 14.6. The number of rotatable bonds is 5. The number of likely N-dealkylation sites (tertiary alicyclic amines) is 1. The quantitative estimate of drug-likeness (QED) is 0.152. The van der Waals surface area contributed by atoms with Crippen molar-refractivity contribution < 1.29 is 48.7 Å². The molecule has 3 aliphatic carbocycles. The first-order valence-corrected chi connectivity index (χ1v) is 14.6. The van der Waals surface area contributed by atoms with Gasteiger partial charge in [-0.05, 0) is 58.7 Å². The van der Waals surface area contributed by atoms with Crippen molar-refractivity contribution in [3.05, 3.63) is 39.4 Å². The second-order valence-electron chi connectivity index (χ2n) is 12.4. The highest BCUT2D eigenvalue weighted by atomic mass is 19.1. The number of fused-ring (bicyclic) bond motifs is 6. The number of likely N-dealkylation sites (N-methyl/N-ethyl adjacent to an activating group) is 1. The number of amides is 1. The molecule has 1 amide bonds. The van der Waals surface area contributed by atoms with Gasteiger partial charge in [0.25, 0.3) is 5.91 Å². The minimum Gasteiger partial charge on any atom is -0.508 e. The molecule has 14 heteroatoms. The third-order valence-corrected chi connectivity index (χ3v) is 9.96. The van der Waals surface area contributed by atoms with Crippen molar-refractivity contribution in [3.63, 3.8) is 0 Å². The largest absolute Gasteiger partial charge is 0.508 e. The maximum absolute atomic E-state index is 16.7. The van der Waals surface area contributed by atoms with Crippen LogP contribution in [0.4, 0.5) is 10.1 Å². The molecule has 6 atom stereocenters. The number of aliphatic hydroxyl groups is 3. The number of nitrogens with zero attached hydrogens (tertiary/aromatic N) is 2. The van der Waals surface area contributed by atoms with Crippen molar-refractivity contribution in [1.29, 1.82) is 0 Å². The number of ketones is 2. The summed E-state index contributed by atoms with van der Waals surface area (Å²) < 4.78 is 21.8. The van der Waals surface area contributed by atoms with E-state index in [-0.39, 0.29) is 59.9 Å². The van der Waals surface area contributed by atoms with E-state index in [1.54, 1.807) is 6.92 Å². The first kappa shape index (κ1) is 30.0. The van der Waals surface area contributed by atoms with E-state index in [9.17, 15) is 39.6 Å². The van der Waals surface area contributed by atoms with Crippen LogP contribution in [0.3, 0.4) is 0 Å². The summed E-state index contributed by atoms with van der Waals surface area (Å²) in [5.74, 6) is -9.21. The lowest BCUT2D eigenvalue weighted by atomic mass is 9.57. The molecule has 1 aromatic carbocycles. The summed E-state index contributed by atoms with van der Waals surface area (Å²) in [4.78, 5) is 55.0. The maximum atomic E-state index is 16.7. The molecule has 0 radical (unpaired) electrons. The van der Waals surface area contributed by atoms with Crippen molar-refractivity contribution >= 4 is 34.9 Å². The Balaban J connectivity index is 1.50. The third kappa shape index (κ3) is 3.93. The highest BCUT2D eigenvalue weighted by Gasteiger charge is 2.64. The Morgan fingerprint density at radius 2 is 1.93 bits per heavy atom. The Kier molecular flexibility index (Phi) is 7.02. The predicted molar refractivity (Wildman–Crippen MR) is 152 cm³/mol. The highest BCUT2D eigenvalue weighted by Crippen LogP contribution is 2.56. The summed E-state index contributed by atoms with van der Waals surface area (Å²) in [7, 11) is 3.01. The van der Waals surface area contributed by atoms with Crippen LogP contribution in [0.15, 0.2) is 16.9 Å². The van der Waals surface area contributed by atoms with Crippen LogP contribution in [0.5, 0.6) is 5.75 Å². The second kappa shape index (κ2) is 10.3. The Hall–Kier alpha value is -4.01. The van der Waals surface area contributed by atoms with Gasteiger partial charge in [-0.1, -0.05) is 0 Å². The topological polar surface area (TPSA) is 203 Å². The van der Waals surface area contributed by atoms with Gasteiger partial charge in [-0.2, -0.15) is 0 Å². The van der Waals surface area contributed by atoms with E-state index in [2.05, 4.69) is 5.32 Å². The number of halogens is 1. The average Bonchev–Trinajstić information content (AvgIpc) is 3.35. The Morgan fingerprint density at radius 3 is 2.57 bits per heavy atom. The van der Waals surface area contributed by atoms with Crippen molar-refractivity contribution in [1.82, 2.24) is 9.80 Å². The molecule has 1 aromatic rings. The van der Waals surface area contributed by atoms with Gasteiger partial charge in [0.05, 0.1) is 30.4 Å². The zero-order valence-corrected chi connectivity index (χ0v) is 24.5. The molecule has 0 bridgehead atoms. The van der Waals surface area contributed by atoms with Gasteiger partial charge in [0.2, 0.25) is 5.78 Å². The summed E-state index contributed by atoms with van der Waals surface area (Å²) in [5.41, 5.74) is 1.13. The van der Waals surface area contributed by atoms with Gasteiger partial charge in [-0.25, -0.2) is 4.39 Å². The number of phenols is 1. The lowest BCUT2D eigenvalue weighted by Gasteiger charge is -2.50. The lowest BCUT2D eigenvalue weighted by molar-refractivity contribution is -0.153. The molecule has 1 saturated carbocycles. The molecule has 44 heavy (non-hydrogen) atoms. The van der Waals surface area contributed by atoms with Gasteiger partial charge in [0.1, 0.15) is 28.7 Å². The first-order chi connectivity index (χ1) is 20.7. The SMILES string of the molecule is CCOC(=O)CN1CCC2CNc3c(O)c4c(c(F)c3C21)C[C@H]1C[C@H]2[C@H](N(C)C)C(=O)C(C(N)=O)=C(O)[C@@]2(O)C(=O)C1=C4O. The van der Waals surface area contributed by atoms with Crippen molar-refractivity contribution in [2.45, 2.75) is 43.9 Å². The smallest absolute Gasteiger partial charge is 0.320 e. The summed E-state index contributed by atoms with van der Waals surface area (Å²) in [6, 6.07) is -1.80. The molecular formula is C30H35FN4O9. The minimum atomic E-state index is -2.78. The number of aliphatic hydroxyl groups excluding tert-OH is 2. The van der Waals surface area contributed by atoms with E-state index in [0.29, 0.717) is 19.5 Å². The fourth-order valence-corrected chi connectivity index (χ4v) is 8.15. The normalized spacial score (nSPS) is 31.2. The number of Topliss-reactive ketones (excluding diaryl/α,β-unsaturated/α-hetero) is 2.